The molecule has 1 atom stereocenters. The number of rotatable bonds is 7. The van der Waals surface area contributed by atoms with Crippen LogP contribution in [0.5, 0.6) is 11.5 Å². The van der Waals surface area contributed by atoms with Gasteiger partial charge >= 0.3 is 7.60 Å². The lowest BCUT2D eigenvalue weighted by Gasteiger charge is -2.17. The molecule has 0 bridgehead atoms. The normalized spacial score (nSPS) is 12.8. The number of carbonyl (C=O) groups is 1. The highest BCUT2D eigenvalue weighted by atomic mass is 35.5. The topological polar surface area (TPSA) is 105 Å². The fraction of sp³-hybridized carbons (Fsp3) is 0.150. The molecule has 1 unspecified atom stereocenters. The van der Waals surface area contributed by atoms with E-state index >= 15 is 0 Å². The van der Waals surface area contributed by atoms with Crippen LogP contribution in [-0.4, -0.2) is 29.9 Å². The maximum Gasteiger partial charge on any atom is 0.342 e. The van der Waals surface area contributed by atoms with E-state index in [0.717, 1.165) is 4.70 Å². The summed E-state index contributed by atoms with van der Waals surface area (Å²) in [4.78, 5) is 32.5. The largest absolute Gasteiger partial charge is 0.493 e. The molecule has 1 amide bonds. The summed E-state index contributed by atoms with van der Waals surface area (Å²) < 4.78 is 23.5. The van der Waals surface area contributed by atoms with Crippen LogP contribution in [0.25, 0.3) is 16.2 Å². The molecule has 1 heterocycles. The second-order valence-corrected chi connectivity index (χ2v) is 9.29. The Morgan fingerprint density at radius 3 is 2.67 bits per heavy atom. The SMILES string of the molecule is COc1cccc(C=CNC(=O)C(c2csc3ccc(Cl)cc23)P(=O)(O)O)c1OC. The van der Waals surface area contributed by atoms with E-state index in [4.69, 9.17) is 21.1 Å². The number of amides is 1. The van der Waals surface area contributed by atoms with Gasteiger partial charge in [-0.1, -0.05) is 23.7 Å². The minimum absolute atomic E-state index is 0.232. The lowest BCUT2D eigenvalue weighted by Crippen LogP contribution is -2.25. The number of thiophene rings is 1. The van der Waals surface area contributed by atoms with Gasteiger partial charge in [-0.15, -0.1) is 11.3 Å². The Morgan fingerprint density at radius 2 is 2.00 bits per heavy atom. The van der Waals surface area contributed by atoms with E-state index in [1.807, 2.05) is 0 Å². The molecule has 10 heteroatoms. The number of halogens is 1. The third-order valence-electron chi connectivity index (χ3n) is 4.37. The number of hydrogen-bond acceptors (Lipinski definition) is 5. The van der Waals surface area contributed by atoms with Gasteiger partial charge in [-0.3, -0.25) is 9.36 Å². The van der Waals surface area contributed by atoms with Gasteiger partial charge in [0.05, 0.1) is 14.2 Å². The molecule has 30 heavy (non-hydrogen) atoms. The Morgan fingerprint density at radius 1 is 1.23 bits per heavy atom. The summed E-state index contributed by atoms with van der Waals surface area (Å²) in [6, 6.07) is 10.2. The van der Waals surface area contributed by atoms with E-state index in [0.29, 0.717) is 27.5 Å². The molecular formula is C20H19ClNO6PS. The van der Waals surface area contributed by atoms with Gasteiger partial charge in [-0.05, 0) is 46.7 Å². The standard InChI is InChI=1S/C20H19ClNO6PS/c1-27-16-5-3-4-12(18(16)28-2)8-9-22-20(23)19(29(24,25)26)15-11-30-17-7-6-13(21)10-14(15)17/h3-11,19H,1-2H3,(H,22,23)(H2,24,25,26). The Hall–Kier alpha value is -2.35. The molecule has 3 aromatic rings. The highest BCUT2D eigenvalue weighted by molar-refractivity contribution is 7.53. The van der Waals surface area contributed by atoms with Crippen molar-refractivity contribution in [2.45, 2.75) is 5.66 Å². The van der Waals surface area contributed by atoms with Crippen molar-refractivity contribution in [1.29, 1.82) is 0 Å². The number of benzene rings is 2. The summed E-state index contributed by atoms with van der Waals surface area (Å²) in [6.07, 6.45) is 2.86. The second kappa shape index (κ2) is 9.20. The molecule has 0 spiro atoms. The monoisotopic (exact) mass is 467 g/mol. The first-order valence-corrected chi connectivity index (χ1v) is 11.6. The average molecular weight is 468 g/mol. The predicted octanol–water partition coefficient (Wildman–Crippen LogP) is 4.58. The highest BCUT2D eigenvalue weighted by Crippen LogP contribution is 2.54. The molecule has 0 saturated carbocycles. The maximum absolute atomic E-state index is 12.7. The van der Waals surface area contributed by atoms with Gasteiger partial charge in [0.2, 0.25) is 5.91 Å². The minimum atomic E-state index is -4.81. The van der Waals surface area contributed by atoms with Crippen molar-refractivity contribution < 1.29 is 28.6 Å². The first-order chi connectivity index (χ1) is 14.3. The van der Waals surface area contributed by atoms with Crippen LogP contribution in [0.3, 0.4) is 0 Å². The summed E-state index contributed by atoms with van der Waals surface area (Å²) in [5, 5.41) is 4.98. The fourth-order valence-corrected chi connectivity index (χ4v) is 5.24. The van der Waals surface area contributed by atoms with Gasteiger partial charge in [0.15, 0.2) is 17.2 Å². The molecule has 0 radical (unpaired) electrons. The summed E-state index contributed by atoms with van der Waals surface area (Å²) in [7, 11) is -1.81. The van der Waals surface area contributed by atoms with Crippen LogP contribution in [0.15, 0.2) is 48.0 Å². The van der Waals surface area contributed by atoms with Crippen LogP contribution in [0.4, 0.5) is 0 Å². The number of ether oxygens (including phenoxy) is 2. The first-order valence-electron chi connectivity index (χ1n) is 8.66. The van der Waals surface area contributed by atoms with Crippen molar-refractivity contribution in [2.75, 3.05) is 14.2 Å². The van der Waals surface area contributed by atoms with Gasteiger partial charge in [-0.2, -0.15) is 0 Å². The lowest BCUT2D eigenvalue weighted by atomic mass is 10.1. The van der Waals surface area contributed by atoms with Crippen molar-refractivity contribution in [2.24, 2.45) is 0 Å². The maximum atomic E-state index is 12.7. The average Bonchev–Trinajstić information content (AvgIpc) is 3.09. The minimum Gasteiger partial charge on any atom is -0.493 e. The van der Waals surface area contributed by atoms with Crippen LogP contribution in [0.2, 0.25) is 5.02 Å². The molecule has 3 N–H and O–H groups in total. The van der Waals surface area contributed by atoms with Gasteiger partial charge in [-0.25, -0.2) is 0 Å². The van der Waals surface area contributed by atoms with Crippen LogP contribution in [0, 0.1) is 0 Å². The van der Waals surface area contributed by atoms with Gasteiger partial charge in [0.25, 0.3) is 0 Å². The smallest absolute Gasteiger partial charge is 0.342 e. The molecule has 0 saturated heterocycles. The van der Waals surface area contributed by atoms with Gasteiger partial charge < -0.3 is 24.6 Å². The van der Waals surface area contributed by atoms with E-state index < -0.39 is 19.2 Å². The number of methoxy groups -OCH3 is 2. The Bertz CT molecular complexity index is 1160. The predicted molar refractivity (Wildman–Crippen MR) is 118 cm³/mol. The third-order valence-corrected chi connectivity index (χ3v) is 6.77. The summed E-state index contributed by atoms with van der Waals surface area (Å²) in [5.41, 5.74) is -0.810. The molecule has 0 aliphatic rings. The van der Waals surface area contributed by atoms with Crippen LogP contribution >= 0.6 is 30.5 Å². The molecule has 0 aliphatic heterocycles. The van der Waals surface area contributed by atoms with Gasteiger partial charge in [0, 0.05) is 21.5 Å². The fourth-order valence-electron chi connectivity index (χ4n) is 3.04. The van der Waals surface area contributed by atoms with E-state index in [2.05, 4.69) is 5.32 Å². The molecular weight excluding hydrogens is 449 g/mol. The molecule has 3 rings (SSSR count). The summed E-state index contributed by atoms with van der Waals surface area (Å²) in [6.45, 7) is 0. The van der Waals surface area contributed by atoms with Crippen molar-refractivity contribution in [3.05, 3.63) is 64.1 Å². The zero-order valence-electron chi connectivity index (χ0n) is 16.0. The van der Waals surface area contributed by atoms with Crippen molar-refractivity contribution in [3.8, 4) is 11.5 Å². The Labute approximate surface area is 182 Å². The number of para-hydroxylation sites is 1. The van der Waals surface area contributed by atoms with E-state index in [1.165, 1.54) is 31.8 Å². The summed E-state index contributed by atoms with van der Waals surface area (Å²) >= 11 is 7.31. The van der Waals surface area contributed by atoms with E-state index in [9.17, 15) is 19.1 Å². The zero-order valence-corrected chi connectivity index (χ0v) is 18.5. The molecule has 1 aromatic heterocycles. The van der Waals surface area contributed by atoms with Crippen LogP contribution in [-0.2, 0) is 9.36 Å². The molecule has 158 valence electrons. The quantitative estimate of drug-likeness (QED) is 0.439. The number of carbonyl (C=O) groups excluding carboxylic acids is 1. The molecule has 0 aliphatic carbocycles. The zero-order chi connectivity index (χ0) is 21.9. The van der Waals surface area contributed by atoms with Crippen molar-refractivity contribution >= 4 is 52.6 Å². The molecule has 0 fully saturated rings. The number of fused-ring (bicyclic) bond motifs is 1. The van der Waals surface area contributed by atoms with Crippen molar-refractivity contribution in [3.63, 3.8) is 0 Å². The van der Waals surface area contributed by atoms with Crippen LogP contribution in [0.1, 0.15) is 16.8 Å². The molecule has 2 aromatic carbocycles. The van der Waals surface area contributed by atoms with Crippen molar-refractivity contribution in [1.82, 2.24) is 5.32 Å². The second-order valence-electron chi connectivity index (χ2n) is 6.25. The lowest BCUT2D eigenvalue weighted by molar-refractivity contribution is -0.120. The Kier molecular flexibility index (Phi) is 6.85. The van der Waals surface area contributed by atoms with E-state index in [1.54, 1.807) is 47.9 Å². The van der Waals surface area contributed by atoms with Gasteiger partial charge in [0.1, 0.15) is 0 Å². The number of nitrogens with one attached hydrogen (secondary N) is 1. The highest BCUT2D eigenvalue weighted by Gasteiger charge is 2.38. The van der Waals surface area contributed by atoms with E-state index in [-0.39, 0.29) is 5.56 Å². The van der Waals surface area contributed by atoms with Crippen LogP contribution < -0.4 is 14.8 Å². The first kappa shape index (κ1) is 22.3. The molecule has 7 nitrogen and oxygen atoms in total. The Balaban J connectivity index is 1.90. The third kappa shape index (κ3) is 4.69. The summed E-state index contributed by atoms with van der Waals surface area (Å²) in [5.74, 6) is 0.150. The number of hydrogen-bond donors (Lipinski definition) is 3.